The predicted molar refractivity (Wildman–Crippen MR) is 66.2 cm³/mol. The topological polar surface area (TPSA) is 72.8 Å². The molecule has 3 unspecified atom stereocenters. The summed E-state index contributed by atoms with van der Waals surface area (Å²) in [6.45, 7) is 0.434. The Morgan fingerprint density at radius 1 is 1.22 bits per heavy atom. The molecular weight excluding hydrogens is 232 g/mol. The van der Waals surface area contributed by atoms with Gasteiger partial charge in [-0.2, -0.15) is 0 Å². The van der Waals surface area contributed by atoms with E-state index < -0.39 is 12.2 Å². The molecule has 2 aliphatic rings. The van der Waals surface area contributed by atoms with E-state index in [2.05, 4.69) is 5.32 Å². The third kappa shape index (κ3) is 1.85. The number of nitrogens with zero attached hydrogens (tertiary/aromatic N) is 1. The van der Waals surface area contributed by atoms with Crippen molar-refractivity contribution in [3.8, 4) is 0 Å². The first-order valence-electron chi connectivity index (χ1n) is 6.14. The van der Waals surface area contributed by atoms with Gasteiger partial charge in [0.1, 0.15) is 6.04 Å². The molecule has 0 bridgehead atoms. The highest BCUT2D eigenvalue weighted by atomic mass is 16.3. The maximum atomic E-state index is 12.2. The number of amides is 1. The number of nitrogens with one attached hydrogen (secondary N) is 1. The Kier molecular flexibility index (Phi) is 2.72. The molecular formula is C13H16N2O3. The van der Waals surface area contributed by atoms with Gasteiger partial charge < -0.3 is 20.4 Å². The summed E-state index contributed by atoms with van der Waals surface area (Å²) in [7, 11) is 0. The van der Waals surface area contributed by atoms with Crippen LogP contribution in [0.5, 0.6) is 0 Å². The highest BCUT2D eigenvalue weighted by Gasteiger charge is 2.37. The molecule has 2 heterocycles. The second-order valence-electron chi connectivity index (χ2n) is 4.94. The Bertz CT molecular complexity index is 442. The molecule has 1 saturated heterocycles. The quantitative estimate of drug-likeness (QED) is 0.631. The largest absolute Gasteiger partial charge is 0.388 e. The lowest BCUT2D eigenvalue weighted by atomic mass is 10.1. The minimum atomic E-state index is -0.822. The van der Waals surface area contributed by atoms with Crippen LogP contribution in [0.4, 0.5) is 5.69 Å². The summed E-state index contributed by atoms with van der Waals surface area (Å²) in [5.74, 6) is -0.0539. The molecule has 5 nitrogen and oxygen atoms in total. The van der Waals surface area contributed by atoms with E-state index in [4.69, 9.17) is 0 Å². The first-order valence-corrected chi connectivity index (χ1v) is 6.14. The Hall–Kier alpha value is -1.59. The summed E-state index contributed by atoms with van der Waals surface area (Å²) in [5.41, 5.74) is 2.13. The number of carbonyl (C=O) groups excluding carboxylic acids is 1. The molecule has 1 aromatic carbocycles. The molecule has 1 fully saturated rings. The molecule has 0 aromatic heterocycles. The molecule has 96 valence electrons. The lowest BCUT2D eigenvalue weighted by molar-refractivity contribution is -0.131. The maximum absolute atomic E-state index is 12.2. The first-order chi connectivity index (χ1) is 8.65. The number of fused-ring (bicyclic) bond motifs is 1. The fraction of sp³-hybridized carbons (Fsp3) is 0.462. The van der Waals surface area contributed by atoms with Gasteiger partial charge in [0, 0.05) is 25.2 Å². The first kappa shape index (κ1) is 11.5. The number of rotatable bonds is 1. The molecule has 1 amide bonds. The molecule has 0 radical (unpaired) electrons. The molecule has 0 spiro atoms. The van der Waals surface area contributed by atoms with E-state index in [1.54, 1.807) is 0 Å². The predicted octanol–water partition coefficient (Wildman–Crippen LogP) is -0.413. The number of β-amino-alcohol motifs (C(OH)–C–C–N with tert-alkyl or cyclic N) is 2. The average molecular weight is 248 g/mol. The summed E-state index contributed by atoms with van der Waals surface area (Å²) < 4.78 is 0. The molecule has 0 aliphatic carbocycles. The monoisotopic (exact) mass is 248 g/mol. The smallest absolute Gasteiger partial charge is 0.245 e. The zero-order valence-electron chi connectivity index (χ0n) is 9.91. The van der Waals surface area contributed by atoms with Crippen molar-refractivity contribution in [2.45, 2.75) is 24.7 Å². The number of hydrogen-bond donors (Lipinski definition) is 3. The summed E-state index contributed by atoms with van der Waals surface area (Å²) in [6, 6.07) is 7.57. The summed E-state index contributed by atoms with van der Waals surface area (Å²) in [4.78, 5) is 13.8. The minimum absolute atomic E-state index is 0.0539. The number of aliphatic hydroxyl groups is 2. The van der Waals surface area contributed by atoms with Gasteiger partial charge in [0.15, 0.2) is 0 Å². The van der Waals surface area contributed by atoms with Gasteiger partial charge in [-0.1, -0.05) is 18.2 Å². The van der Waals surface area contributed by atoms with Crippen molar-refractivity contribution in [2.24, 2.45) is 0 Å². The van der Waals surface area contributed by atoms with E-state index in [0.717, 1.165) is 11.3 Å². The summed E-state index contributed by atoms with van der Waals surface area (Å²) >= 11 is 0. The van der Waals surface area contributed by atoms with Gasteiger partial charge in [-0.3, -0.25) is 4.79 Å². The highest BCUT2D eigenvalue weighted by Crippen LogP contribution is 2.26. The fourth-order valence-corrected chi connectivity index (χ4v) is 2.62. The SMILES string of the molecule is O=C(C1Cc2ccccc2N1)N1CC(O)C(O)C1. The number of carbonyl (C=O) groups is 1. The molecule has 1 aromatic rings. The van der Waals surface area contributed by atoms with Crippen molar-refractivity contribution < 1.29 is 15.0 Å². The van der Waals surface area contributed by atoms with E-state index in [1.165, 1.54) is 4.90 Å². The van der Waals surface area contributed by atoms with Gasteiger partial charge in [-0.15, -0.1) is 0 Å². The van der Waals surface area contributed by atoms with Crippen LogP contribution in [0.2, 0.25) is 0 Å². The molecule has 3 N–H and O–H groups in total. The second-order valence-corrected chi connectivity index (χ2v) is 4.94. The number of aliphatic hydroxyl groups excluding tert-OH is 2. The third-order valence-corrected chi connectivity index (χ3v) is 3.64. The Balaban J connectivity index is 1.70. The van der Waals surface area contributed by atoms with Crippen LogP contribution in [0, 0.1) is 0 Å². The van der Waals surface area contributed by atoms with Crippen LogP contribution in [-0.4, -0.2) is 52.4 Å². The van der Waals surface area contributed by atoms with Gasteiger partial charge in [-0.25, -0.2) is 0 Å². The molecule has 5 heteroatoms. The Morgan fingerprint density at radius 3 is 2.56 bits per heavy atom. The van der Waals surface area contributed by atoms with Gasteiger partial charge in [0.05, 0.1) is 12.2 Å². The number of para-hydroxylation sites is 1. The summed E-state index contributed by atoms with van der Waals surface area (Å²) in [6.07, 6.45) is -0.979. The van der Waals surface area contributed by atoms with Crippen molar-refractivity contribution in [1.82, 2.24) is 4.90 Å². The van der Waals surface area contributed by atoms with Crippen molar-refractivity contribution in [3.05, 3.63) is 29.8 Å². The molecule has 3 rings (SSSR count). The van der Waals surface area contributed by atoms with Crippen LogP contribution in [0.25, 0.3) is 0 Å². The lowest BCUT2D eigenvalue weighted by Crippen LogP contribution is -2.41. The standard InChI is InChI=1S/C13H16N2O3/c16-11-6-15(7-12(11)17)13(18)10-5-8-3-1-2-4-9(8)14-10/h1-4,10-12,14,16-17H,5-7H2. The number of anilines is 1. The van der Waals surface area contributed by atoms with Crippen LogP contribution >= 0.6 is 0 Å². The van der Waals surface area contributed by atoms with Crippen LogP contribution < -0.4 is 5.32 Å². The van der Waals surface area contributed by atoms with E-state index in [-0.39, 0.29) is 25.0 Å². The lowest BCUT2D eigenvalue weighted by Gasteiger charge is -2.20. The van der Waals surface area contributed by atoms with E-state index >= 15 is 0 Å². The Morgan fingerprint density at radius 2 is 1.89 bits per heavy atom. The van der Waals surface area contributed by atoms with Crippen molar-refractivity contribution >= 4 is 11.6 Å². The van der Waals surface area contributed by atoms with Gasteiger partial charge in [-0.05, 0) is 11.6 Å². The average Bonchev–Trinajstić information content (AvgIpc) is 2.93. The summed E-state index contributed by atoms with van der Waals surface area (Å²) in [5, 5.41) is 22.1. The third-order valence-electron chi connectivity index (χ3n) is 3.64. The normalized spacial score (nSPS) is 30.1. The molecule has 3 atom stereocenters. The number of benzene rings is 1. The zero-order valence-corrected chi connectivity index (χ0v) is 9.91. The van der Waals surface area contributed by atoms with Gasteiger partial charge >= 0.3 is 0 Å². The zero-order chi connectivity index (χ0) is 12.7. The van der Waals surface area contributed by atoms with Crippen LogP contribution in [0.15, 0.2) is 24.3 Å². The molecule has 0 saturated carbocycles. The van der Waals surface area contributed by atoms with E-state index in [9.17, 15) is 15.0 Å². The van der Waals surface area contributed by atoms with Gasteiger partial charge in [0.25, 0.3) is 0 Å². The molecule has 2 aliphatic heterocycles. The maximum Gasteiger partial charge on any atom is 0.245 e. The Labute approximate surface area is 105 Å². The van der Waals surface area contributed by atoms with Crippen molar-refractivity contribution in [3.63, 3.8) is 0 Å². The van der Waals surface area contributed by atoms with Crippen molar-refractivity contribution in [2.75, 3.05) is 18.4 Å². The van der Waals surface area contributed by atoms with E-state index in [1.807, 2.05) is 24.3 Å². The van der Waals surface area contributed by atoms with Crippen LogP contribution in [0.3, 0.4) is 0 Å². The van der Waals surface area contributed by atoms with Crippen LogP contribution in [0.1, 0.15) is 5.56 Å². The fourth-order valence-electron chi connectivity index (χ4n) is 2.62. The van der Waals surface area contributed by atoms with Crippen molar-refractivity contribution in [1.29, 1.82) is 0 Å². The van der Waals surface area contributed by atoms with Crippen LogP contribution in [-0.2, 0) is 11.2 Å². The molecule has 18 heavy (non-hydrogen) atoms. The second kappa shape index (κ2) is 4.26. The highest BCUT2D eigenvalue weighted by molar-refractivity contribution is 5.87. The minimum Gasteiger partial charge on any atom is -0.388 e. The van der Waals surface area contributed by atoms with E-state index in [0.29, 0.717) is 6.42 Å². The number of hydrogen-bond acceptors (Lipinski definition) is 4. The number of likely N-dealkylation sites (tertiary alicyclic amines) is 1. The van der Waals surface area contributed by atoms with Gasteiger partial charge in [0.2, 0.25) is 5.91 Å².